The number of terminal acetylenes is 1. The van der Waals surface area contributed by atoms with Gasteiger partial charge in [0, 0.05) is 7.11 Å². The smallest absolute Gasteiger partial charge is 0.330 e. The third-order valence-corrected chi connectivity index (χ3v) is 2.13. The number of nitrogens with two attached hydrogens (primary N) is 1. The molecular formula is C10H14N4O3. The first-order valence-electron chi connectivity index (χ1n) is 4.90. The minimum atomic E-state index is -0.587. The predicted octanol–water partition coefficient (Wildman–Crippen LogP) is -1.19. The van der Waals surface area contributed by atoms with E-state index >= 15 is 0 Å². The molecule has 0 radical (unpaired) electrons. The third-order valence-electron chi connectivity index (χ3n) is 2.13. The number of H-pyrrole nitrogens is 1. The Morgan fingerprint density at radius 1 is 1.59 bits per heavy atom. The lowest BCUT2D eigenvalue weighted by Crippen LogP contribution is -2.35. The Morgan fingerprint density at radius 3 is 2.88 bits per heavy atom. The molecule has 0 fully saturated rings. The van der Waals surface area contributed by atoms with E-state index in [4.69, 9.17) is 16.9 Å². The normalized spacial score (nSPS) is 9.88. The maximum atomic E-state index is 11.5. The lowest BCUT2D eigenvalue weighted by Gasteiger charge is -2.12. The number of hydrogen-bond donors (Lipinski definition) is 3. The molecule has 1 aromatic heterocycles. The summed E-state index contributed by atoms with van der Waals surface area (Å²) in [5, 5.41) is 2.67. The van der Waals surface area contributed by atoms with Gasteiger partial charge in [0.05, 0.1) is 19.7 Å². The van der Waals surface area contributed by atoms with E-state index in [0.717, 1.165) is 0 Å². The monoisotopic (exact) mass is 238 g/mol. The van der Waals surface area contributed by atoms with Crippen LogP contribution in [0.4, 0.5) is 11.5 Å². The zero-order valence-electron chi connectivity index (χ0n) is 9.45. The van der Waals surface area contributed by atoms with Crippen LogP contribution in [0.5, 0.6) is 0 Å². The maximum absolute atomic E-state index is 11.5. The number of methoxy groups -OCH3 is 1. The summed E-state index contributed by atoms with van der Waals surface area (Å²) in [6, 6.07) is 0. The van der Waals surface area contributed by atoms with Gasteiger partial charge in [-0.15, -0.1) is 6.42 Å². The zero-order valence-corrected chi connectivity index (χ0v) is 9.45. The molecule has 0 bridgehead atoms. The molecular weight excluding hydrogens is 224 g/mol. The predicted molar refractivity (Wildman–Crippen MR) is 64.9 cm³/mol. The number of nitrogens with zero attached hydrogens (tertiary/aromatic N) is 1. The van der Waals surface area contributed by atoms with Gasteiger partial charge in [0.1, 0.15) is 11.5 Å². The summed E-state index contributed by atoms with van der Waals surface area (Å²) >= 11 is 0. The Bertz CT molecular complexity index is 538. The van der Waals surface area contributed by atoms with E-state index in [1.165, 1.54) is 11.7 Å². The van der Waals surface area contributed by atoms with Crippen molar-refractivity contribution < 1.29 is 4.74 Å². The summed E-state index contributed by atoms with van der Waals surface area (Å²) in [6.07, 6.45) is 5.07. The van der Waals surface area contributed by atoms with Crippen LogP contribution in [0.2, 0.25) is 0 Å². The van der Waals surface area contributed by atoms with Crippen molar-refractivity contribution in [2.24, 2.45) is 0 Å². The van der Waals surface area contributed by atoms with Gasteiger partial charge >= 0.3 is 5.69 Å². The van der Waals surface area contributed by atoms with Crippen LogP contribution in [-0.2, 0) is 11.3 Å². The van der Waals surface area contributed by atoms with Crippen molar-refractivity contribution in [1.82, 2.24) is 9.55 Å². The molecule has 0 unspecified atom stereocenters. The lowest BCUT2D eigenvalue weighted by molar-refractivity contribution is 0.186. The Hall–Kier alpha value is -2.20. The molecule has 1 heterocycles. The molecule has 0 aliphatic heterocycles. The van der Waals surface area contributed by atoms with Gasteiger partial charge in [-0.25, -0.2) is 4.79 Å². The lowest BCUT2D eigenvalue weighted by atomic mass is 10.4. The van der Waals surface area contributed by atoms with E-state index in [1.807, 2.05) is 0 Å². The van der Waals surface area contributed by atoms with E-state index in [2.05, 4.69) is 16.2 Å². The van der Waals surface area contributed by atoms with Gasteiger partial charge < -0.3 is 15.8 Å². The molecule has 0 atom stereocenters. The molecule has 7 nitrogen and oxygen atoms in total. The highest BCUT2D eigenvalue weighted by Gasteiger charge is 2.10. The number of aromatic nitrogens is 2. The summed E-state index contributed by atoms with van der Waals surface area (Å²) in [4.78, 5) is 25.1. The van der Waals surface area contributed by atoms with Crippen LogP contribution in [-0.4, -0.2) is 29.8 Å². The fraction of sp³-hybridized carbons (Fsp3) is 0.400. The van der Waals surface area contributed by atoms with E-state index in [0.29, 0.717) is 6.61 Å². The Balaban J connectivity index is 3.19. The highest BCUT2D eigenvalue weighted by atomic mass is 16.5. The second-order valence-corrected chi connectivity index (χ2v) is 3.22. The number of aromatic amines is 1. The number of nitrogens with one attached hydrogen (secondary N) is 2. The molecule has 0 aromatic carbocycles. The van der Waals surface area contributed by atoms with Crippen LogP contribution in [0.1, 0.15) is 0 Å². The molecule has 0 amide bonds. The SMILES string of the molecule is C#CCNc1c(N)n(CCOC)c(=O)[nH]c1=O. The molecule has 0 saturated carbocycles. The summed E-state index contributed by atoms with van der Waals surface area (Å²) in [5.74, 6) is 2.36. The first-order valence-corrected chi connectivity index (χ1v) is 4.90. The fourth-order valence-electron chi connectivity index (χ4n) is 1.30. The molecule has 4 N–H and O–H groups in total. The van der Waals surface area contributed by atoms with Gasteiger partial charge in [0.15, 0.2) is 0 Å². The summed E-state index contributed by atoms with van der Waals surface area (Å²) < 4.78 is 6.06. The molecule has 7 heteroatoms. The second kappa shape index (κ2) is 5.77. The average molecular weight is 238 g/mol. The molecule has 92 valence electrons. The van der Waals surface area contributed by atoms with Crippen molar-refractivity contribution in [1.29, 1.82) is 0 Å². The molecule has 1 aromatic rings. The second-order valence-electron chi connectivity index (χ2n) is 3.22. The molecule has 0 saturated heterocycles. The van der Waals surface area contributed by atoms with Crippen molar-refractivity contribution in [3.05, 3.63) is 20.8 Å². The van der Waals surface area contributed by atoms with E-state index in [9.17, 15) is 9.59 Å². The van der Waals surface area contributed by atoms with Gasteiger partial charge in [-0.05, 0) is 0 Å². The fourth-order valence-corrected chi connectivity index (χ4v) is 1.30. The van der Waals surface area contributed by atoms with Crippen molar-refractivity contribution in [2.75, 3.05) is 31.3 Å². The number of anilines is 2. The number of nitrogen functional groups attached to an aromatic ring is 1. The van der Waals surface area contributed by atoms with Gasteiger partial charge in [-0.2, -0.15) is 0 Å². The summed E-state index contributed by atoms with van der Waals surface area (Å²) in [5.41, 5.74) is 4.66. The van der Waals surface area contributed by atoms with Crippen LogP contribution in [0.15, 0.2) is 9.59 Å². The van der Waals surface area contributed by atoms with Crippen LogP contribution in [0, 0.1) is 12.3 Å². The van der Waals surface area contributed by atoms with E-state index in [1.54, 1.807) is 0 Å². The first-order chi connectivity index (χ1) is 8.11. The van der Waals surface area contributed by atoms with Crippen LogP contribution in [0.3, 0.4) is 0 Å². The number of ether oxygens (including phenoxy) is 1. The maximum Gasteiger partial charge on any atom is 0.330 e. The third kappa shape index (κ3) is 2.89. The number of hydrogen-bond acceptors (Lipinski definition) is 5. The number of rotatable bonds is 5. The van der Waals surface area contributed by atoms with E-state index in [-0.39, 0.29) is 24.6 Å². The summed E-state index contributed by atoms with van der Waals surface area (Å²) in [7, 11) is 1.50. The first kappa shape index (κ1) is 12.9. The van der Waals surface area contributed by atoms with Gasteiger partial charge in [-0.1, -0.05) is 5.92 Å². The molecule has 1 rings (SSSR count). The topological polar surface area (TPSA) is 102 Å². The standard InChI is InChI=1S/C10H14N4O3/c1-3-4-12-7-8(11)14(5-6-17-2)10(16)13-9(7)15/h1,12H,4-6,11H2,2H3,(H,13,15,16). The zero-order chi connectivity index (χ0) is 12.8. The minimum absolute atomic E-state index is 0.0473. The van der Waals surface area contributed by atoms with Gasteiger partial charge in [0.25, 0.3) is 5.56 Å². The Labute approximate surface area is 97.6 Å². The summed E-state index contributed by atoms with van der Waals surface area (Å²) in [6.45, 7) is 0.711. The molecule has 0 aliphatic rings. The van der Waals surface area contributed by atoms with Gasteiger partial charge in [0.2, 0.25) is 0 Å². The van der Waals surface area contributed by atoms with Crippen molar-refractivity contribution >= 4 is 11.5 Å². The molecule has 17 heavy (non-hydrogen) atoms. The van der Waals surface area contributed by atoms with Crippen molar-refractivity contribution in [3.63, 3.8) is 0 Å². The van der Waals surface area contributed by atoms with E-state index < -0.39 is 11.2 Å². The van der Waals surface area contributed by atoms with Crippen molar-refractivity contribution in [2.45, 2.75) is 6.54 Å². The highest BCUT2D eigenvalue weighted by molar-refractivity contribution is 5.60. The Morgan fingerprint density at radius 2 is 2.29 bits per heavy atom. The molecule has 0 aliphatic carbocycles. The average Bonchev–Trinajstić information content (AvgIpc) is 2.28. The van der Waals surface area contributed by atoms with Crippen molar-refractivity contribution in [3.8, 4) is 12.3 Å². The Kier molecular flexibility index (Phi) is 4.37. The highest BCUT2D eigenvalue weighted by Crippen LogP contribution is 2.08. The van der Waals surface area contributed by atoms with Crippen LogP contribution < -0.4 is 22.3 Å². The van der Waals surface area contributed by atoms with Crippen LogP contribution >= 0.6 is 0 Å². The largest absolute Gasteiger partial charge is 0.383 e. The minimum Gasteiger partial charge on any atom is -0.383 e. The van der Waals surface area contributed by atoms with Gasteiger partial charge in [-0.3, -0.25) is 14.3 Å². The molecule has 0 spiro atoms. The van der Waals surface area contributed by atoms with Crippen LogP contribution in [0.25, 0.3) is 0 Å². The quantitative estimate of drug-likeness (QED) is 0.560.